The highest BCUT2D eigenvalue weighted by Gasteiger charge is 2.53. The van der Waals surface area contributed by atoms with Crippen molar-refractivity contribution in [2.24, 2.45) is 52.3 Å². The van der Waals surface area contributed by atoms with Gasteiger partial charge in [-0.3, -0.25) is 0 Å². The van der Waals surface area contributed by atoms with Gasteiger partial charge in [-0.1, -0.05) is 78.9 Å². The lowest BCUT2D eigenvalue weighted by Gasteiger charge is -2.58. The summed E-state index contributed by atoms with van der Waals surface area (Å²) in [5.41, 5.74) is 1.21. The summed E-state index contributed by atoms with van der Waals surface area (Å²) < 4.78 is 0. The van der Waals surface area contributed by atoms with Gasteiger partial charge in [-0.15, -0.1) is 0 Å². The Labute approximate surface area is 182 Å². The van der Waals surface area contributed by atoms with E-state index in [4.69, 9.17) is 0 Å². The predicted molar refractivity (Wildman–Crippen MR) is 127 cm³/mol. The molecule has 9 atom stereocenters. The first kappa shape index (κ1) is 22.0. The van der Waals surface area contributed by atoms with Crippen LogP contribution in [-0.4, -0.2) is 0 Å². The Morgan fingerprint density at radius 2 is 1.79 bits per heavy atom. The van der Waals surface area contributed by atoms with Crippen LogP contribution in [0.4, 0.5) is 0 Å². The van der Waals surface area contributed by atoms with Crippen LogP contribution in [0.1, 0.15) is 118 Å². The third-order valence-corrected chi connectivity index (χ3v) is 10.6. The molecule has 0 radical (unpaired) electrons. The summed E-state index contributed by atoms with van der Waals surface area (Å²) in [6.45, 7) is 12.8. The fraction of sp³-hybridized carbons (Fsp3) is 0.931. The third-order valence-electron chi connectivity index (χ3n) is 10.6. The van der Waals surface area contributed by atoms with Crippen molar-refractivity contribution in [2.45, 2.75) is 118 Å². The van der Waals surface area contributed by atoms with Crippen LogP contribution < -0.4 is 0 Å². The molecule has 9 unspecified atom stereocenters. The van der Waals surface area contributed by atoms with Gasteiger partial charge in [-0.05, 0) is 104 Å². The first-order chi connectivity index (χ1) is 13.8. The van der Waals surface area contributed by atoms with Crippen LogP contribution in [0, 0.1) is 52.3 Å². The third kappa shape index (κ3) is 4.39. The zero-order valence-corrected chi connectivity index (χ0v) is 20.4. The van der Waals surface area contributed by atoms with Crippen molar-refractivity contribution in [2.75, 3.05) is 0 Å². The molecule has 0 heterocycles. The zero-order chi connectivity index (χ0) is 20.6. The van der Waals surface area contributed by atoms with Crippen molar-refractivity contribution >= 4 is 0 Å². The van der Waals surface area contributed by atoms with Gasteiger partial charge in [0.15, 0.2) is 0 Å². The van der Waals surface area contributed by atoms with Gasteiger partial charge in [0.2, 0.25) is 0 Å². The van der Waals surface area contributed by atoms with Crippen LogP contribution in [0.3, 0.4) is 0 Å². The summed E-state index contributed by atoms with van der Waals surface area (Å²) in [7, 11) is 0. The van der Waals surface area contributed by atoms with E-state index in [0.717, 1.165) is 41.4 Å². The Bertz CT molecular complexity index is 573. The van der Waals surface area contributed by atoms with E-state index in [1.807, 2.05) is 0 Å². The van der Waals surface area contributed by atoms with Gasteiger partial charge >= 0.3 is 0 Å². The topological polar surface area (TPSA) is 0 Å². The van der Waals surface area contributed by atoms with E-state index < -0.39 is 0 Å². The van der Waals surface area contributed by atoms with Crippen LogP contribution in [0.5, 0.6) is 0 Å². The van der Waals surface area contributed by atoms with Crippen LogP contribution in [0.15, 0.2) is 12.2 Å². The molecule has 4 aliphatic rings. The van der Waals surface area contributed by atoms with Crippen molar-refractivity contribution in [1.29, 1.82) is 0 Å². The van der Waals surface area contributed by atoms with Gasteiger partial charge in [0.1, 0.15) is 0 Å². The van der Waals surface area contributed by atoms with Gasteiger partial charge in [0.25, 0.3) is 0 Å². The molecule has 0 aliphatic heterocycles. The molecule has 3 saturated carbocycles. The molecule has 1 spiro atoms. The van der Waals surface area contributed by atoms with E-state index in [1.54, 1.807) is 6.42 Å². The number of hydrogen-bond donors (Lipinski definition) is 0. The lowest BCUT2D eigenvalue weighted by Crippen LogP contribution is -2.50. The largest absolute Gasteiger partial charge is 0.0837 e. The van der Waals surface area contributed by atoms with Crippen LogP contribution in [-0.2, 0) is 0 Å². The molecular weight excluding hydrogens is 348 g/mol. The molecule has 4 aliphatic carbocycles. The average Bonchev–Trinajstić information content (AvgIpc) is 2.63. The molecule has 0 aromatic carbocycles. The highest BCUT2D eigenvalue weighted by molar-refractivity contribution is 5.23. The Hall–Kier alpha value is -0.260. The summed E-state index contributed by atoms with van der Waals surface area (Å²) in [4.78, 5) is 0. The second-order valence-electron chi connectivity index (χ2n) is 12.8. The van der Waals surface area contributed by atoms with E-state index in [-0.39, 0.29) is 0 Å². The van der Waals surface area contributed by atoms with Gasteiger partial charge in [0, 0.05) is 0 Å². The van der Waals surface area contributed by atoms with Gasteiger partial charge in [-0.2, -0.15) is 0 Å². The van der Waals surface area contributed by atoms with Crippen LogP contribution >= 0.6 is 0 Å². The fourth-order valence-corrected chi connectivity index (χ4v) is 8.62. The van der Waals surface area contributed by atoms with Crippen LogP contribution in [0.2, 0.25) is 0 Å². The van der Waals surface area contributed by atoms with E-state index >= 15 is 0 Å². The first-order valence-corrected chi connectivity index (χ1v) is 13.5. The predicted octanol–water partition coefficient (Wildman–Crippen LogP) is 9.05. The quantitative estimate of drug-likeness (QED) is 0.405. The molecule has 0 N–H and O–H groups in total. The molecule has 0 heteroatoms. The number of fused-ring (bicyclic) bond motifs is 3. The monoisotopic (exact) mass is 398 g/mol. The van der Waals surface area contributed by atoms with Crippen molar-refractivity contribution < 1.29 is 0 Å². The average molecular weight is 399 g/mol. The molecule has 3 fully saturated rings. The fourth-order valence-electron chi connectivity index (χ4n) is 8.62. The second kappa shape index (κ2) is 8.70. The minimum atomic E-state index is 0.600. The Balaban J connectivity index is 1.39. The Morgan fingerprint density at radius 1 is 0.966 bits per heavy atom. The lowest BCUT2D eigenvalue weighted by molar-refractivity contribution is -0.0245. The molecule has 0 saturated heterocycles. The minimum absolute atomic E-state index is 0.600. The number of allylic oxidation sites excluding steroid dienone is 2. The molecular formula is C29H50. The summed E-state index contributed by atoms with van der Waals surface area (Å²) in [6, 6.07) is 0. The molecule has 0 nitrogen and oxygen atoms in total. The summed E-state index contributed by atoms with van der Waals surface area (Å²) in [6.07, 6.45) is 24.7. The molecule has 0 aromatic heterocycles. The number of rotatable bonds is 5. The zero-order valence-electron chi connectivity index (χ0n) is 20.4. The van der Waals surface area contributed by atoms with Crippen molar-refractivity contribution in [3.63, 3.8) is 0 Å². The summed E-state index contributed by atoms with van der Waals surface area (Å²) >= 11 is 0. The van der Waals surface area contributed by atoms with Gasteiger partial charge in [-0.25, -0.2) is 0 Å². The van der Waals surface area contributed by atoms with E-state index in [9.17, 15) is 0 Å². The van der Waals surface area contributed by atoms with Crippen molar-refractivity contribution in [1.82, 2.24) is 0 Å². The molecule has 4 rings (SSSR count). The Kier molecular flexibility index (Phi) is 6.59. The second-order valence-corrected chi connectivity index (χ2v) is 12.8. The Morgan fingerprint density at radius 3 is 2.52 bits per heavy atom. The van der Waals surface area contributed by atoms with E-state index in [1.165, 1.54) is 77.0 Å². The molecule has 29 heavy (non-hydrogen) atoms. The maximum Gasteiger partial charge on any atom is -0.00243 e. The summed E-state index contributed by atoms with van der Waals surface area (Å²) in [5, 5.41) is 0. The molecule has 0 aromatic rings. The van der Waals surface area contributed by atoms with Crippen LogP contribution in [0.25, 0.3) is 0 Å². The highest BCUT2D eigenvalue weighted by atomic mass is 14.6. The molecule has 166 valence electrons. The lowest BCUT2D eigenvalue weighted by atomic mass is 9.46. The smallest absolute Gasteiger partial charge is 0.00243 e. The van der Waals surface area contributed by atoms with Crippen molar-refractivity contribution in [3.05, 3.63) is 12.2 Å². The van der Waals surface area contributed by atoms with Gasteiger partial charge in [0.05, 0.1) is 0 Å². The first-order valence-electron chi connectivity index (χ1n) is 13.5. The maximum atomic E-state index is 2.70. The number of hydrogen-bond acceptors (Lipinski definition) is 0. The standard InChI is InChI=1S/C29H50/c1-6-28(5)13-9-7-8-10-25(20-28)22(3)18-23(4)27-12-15-29(27)14-11-24-16-21(2)17-26(29)19-24/h12,15,21-27H,6-11,13-14,16-20H2,1-5H3. The summed E-state index contributed by atoms with van der Waals surface area (Å²) in [5.74, 6) is 6.66. The molecule has 2 bridgehead atoms. The molecule has 0 amide bonds. The van der Waals surface area contributed by atoms with E-state index in [0.29, 0.717) is 10.8 Å². The highest BCUT2D eigenvalue weighted by Crippen LogP contribution is 2.62. The maximum absolute atomic E-state index is 2.70. The minimum Gasteiger partial charge on any atom is -0.0837 e. The van der Waals surface area contributed by atoms with E-state index in [2.05, 4.69) is 46.8 Å². The van der Waals surface area contributed by atoms with Crippen molar-refractivity contribution in [3.8, 4) is 0 Å². The van der Waals surface area contributed by atoms with Gasteiger partial charge < -0.3 is 0 Å². The SMILES string of the molecule is CCC1(C)CCCCCC(C(C)CC(C)C2C=CC23CCC2CC(C)CC3C2)C1. The normalized spacial score (nSPS) is 47.1.